The average molecular weight is 430 g/mol. The molecule has 0 N–H and O–H groups in total. The second-order valence-electron chi connectivity index (χ2n) is 5.59. The van der Waals surface area contributed by atoms with Crippen LogP contribution in [0.15, 0.2) is 51.4 Å². The Kier molecular flexibility index (Phi) is 3.47. The molecule has 2 aliphatic carbocycles. The van der Waals surface area contributed by atoms with Crippen LogP contribution in [-0.4, -0.2) is 11.6 Å². The molecule has 4 heteroatoms. The lowest BCUT2D eigenvalue weighted by Gasteiger charge is -2.21. The van der Waals surface area contributed by atoms with Crippen molar-refractivity contribution < 1.29 is 9.59 Å². The summed E-state index contributed by atoms with van der Waals surface area (Å²) in [6, 6.07) is 8.21. The monoisotopic (exact) mass is 428 g/mol. The summed E-state index contributed by atoms with van der Waals surface area (Å²) in [7, 11) is 0. The third-order valence-corrected chi connectivity index (χ3v) is 5.26. The first-order valence-electron chi connectivity index (χ1n) is 7.13. The van der Waals surface area contributed by atoms with Gasteiger partial charge in [0.1, 0.15) is 0 Å². The molecule has 0 bridgehead atoms. The minimum atomic E-state index is -0.161. The topological polar surface area (TPSA) is 34.1 Å². The maximum atomic E-state index is 12.3. The van der Waals surface area contributed by atoms with Gasteiger partial charge >= 0.3 is 0 Å². The number of halogens is 2. The SMILES string of the molecule is O=C1C=CC(=O)C(c2c(Br)cc3cccc4c3c2C=C(Br)C4)=C1. The summed E-state index contributed by atoms with van der Waals surface area (Å²) < 4.78 is 1.88. The number of benzene rings is 2. The van der Waals surface area contributed by atoms with Crippen molar-refractivity contribution in [3.8, 4) is 0 Å². The van der Waals surface area contributed by atoms with E-state index in [4.69, 9.17) is 0 Å². The molecule has 0 fully saturated rings. The molecular weight excluding hydrogens is 420 g/mol. The Balaban J connectivity index is 2.12. The molecule has 0 radical (unpaired) electrons. The van der Waals surface area contributed by atoms with Gasteiger partial charge in [-0.05, 0) is 52.3 Å². The van der Waals surface area contributed by atoms with Crippen LogP contribution >= 0.6 is 31.9 Å². The predicted octanol–water partition coefficient (Wildman–Crippen LogP) is 4.99. The fourth-order valence-electron chi connectivity index (χ4n) is 3.19. The molecule has 0 unspecified atom stereocenters. The highest BCUT2D eigenvalue weighted by molar-refractivity contribution is 9.11. The zero-order valence-corrected chi connectivity index (χ0v) is 15.1. The molecule has 2 aromatic carbocycles. The zero-order valence-electron chi connectivity index (χ0n) is 11.9. The van der Waals surface area contributed by atoms with Gasteiger partial charge in [0.15, 0.2) is 11.6 Å². The largest absolute Gasteiger partial charge is 0.290 e. The Morgan fingerprint density at radius 2 is 1.83 bits per heavy atom. The molecular formula is C19H10Br2O2. The summed E-state index contributed by atoms with van der Waals surface area (Å²) in [6.45, 7) is 0. The second-order valence-corrected chi connectivity index (χ2v) is 7.46. The Hall–Kier alpha value is -1.78. The number of hydrogen-bond donors (Lipinski definition) is 0. The molecule has 23 heavy (non-hydrogen) atoms. The minimum absolute atomic E-state index is 0.145. The lowest BCUT2D eigenvalue weighted by molar-refractivity contribution is -0.113. The van der Waals surface area contributed by atoms with Crippen molar-refractivity contribution in [2.24, 2.45) is 0 Å². The maximum absolute atomic E-state index is 12.3. The lowest BCUT2D eigenvalue weighted by Crippen LogP contribution is -2.10. The quantitative estimate of drug-likeness (QED) is 0.598. The first kappa shape index (κ1) is 14.8. The molecule has 0 atom stereocenters. The van der Waals surface area contributed by atoms with E-state index in [0.717, 1.165) is 37.3 Å². The van der Waals surface area contributed by atoms with E-state index in [2.05, 4.69) is 44.0 Å². The number of ketones is 2. The van der Waals surface area contributed by atoms with Crippen LogP contribution in [0.25, 0.3) is 22.4 Å². The summed E-state index contributed by atoms with van der Waals surface area (Å²) in [5, 5.41) is 2.26. The van der Waals surface area contributed by atoms with Crippen LogP contribution < -0.4 is 0 Å². The molecule has 4 rings (SSSR count). The molecule has 0 saturated carbocycles. The number of allylic oxidation sites excluding steroid dienone is 5. The summed E-state index contributed by atoms with van der Waals surface area (Å²) in [5.74, 6) is -0.306. The van der Waals surface area contributed by atoms with Crippen LogP contribution in [0.3, 0.4) is 0 Å². The molecule has 0 spiro atoms. The fraction of sp³-hybridized carbons (Fsp3) is 0.0526. The average Bonchev–Trinajstić information content (AvgIpc) is 2.50. The van der Waals surface area contributed by atoms with Gasteiger partial charge in [-0.2, -0.15) is 0 Å². The van der Waals surface area contributed by atoms with Gasteiger partial charge in [0.25, 0.3) is 0 Å². The van der Waals surface area contributed by atoms with Crippen LogP contribution in [0.4, 0.5) is 0 Å². The normalized spacial score (nSPS) is 16.6. The van der Waals surface area contributed by atoms with Gasteiger partial charge in [0.2, 0.25) is 0 Å². The number of rotatable bonds is 1. The van der Waals surface area contributed by atoms with Crippen molar-refractivity contribution in [3.63, 3.8) is 0 Å². The molecule has 2 aromatic rings. The standard InChI is InChI=1S/C19H10Br2O2/c20-12-6-10-2-1-3-11-7-16(21)19(15(8-12)18(10)11)14-9-13(22)4-5-17(14)23/h1-5,7-9H,6H2. The number of hydrogen-bond acceptors (Lipinski definition) is 2. The minimum Gasteiger partial charge on any atom is -0.290 e. The summed E-state index contributed by atoms with van der Waals surface area (Å²) in [4.78, 5) is 24.1. The van der Waals surface area contributed by atoms with E-state index in [1.54, 1.807) is 0 Å². The van der Waals surface area contributed by atoms with Crippen molar-refractivity contribution in [2.75, 3.05) is 0 Å². The van der Waals surface area contributed by atoms with Gasteiger partial charge < -0.3 is 0 Å². The Labute approximate surface area is 149 Å². The van der Waals surface area contributed by atoms with Gasteiger partial charge in [-0.1, -0.05) is 50.1 Å². The molecule has 112 valence electrons. The summed E-state index contributed by atoms with van der Waals surface area (Å²) in [5.41, 5.74) is 3.41. The van der Waals surface area contributed by atoms with E-state index in [0.29, 0.717) is 5.57 Å². The Morgan fingerprint density at radius 3 is 2.65 bits per heavy atom. The number of carbonyl (C=O) groups excluding carboxylic acids is 2. The Morgan fingerprint density at radius 1 is 1.00 bits per heavy atom. The highest BCUT2D eigenvalue weighted by atomic mass is 79.9. The van der Waals surface area contributed by atoms with Gasteiger partial charge in [-0.25, -0.2) is 0 Å². The molecule has 2 aliphatic rings. The smallest absolute Gasteiger partial charge is 0.186 e. The van der Waals surface area contributed by atoms with Crippen LogP contribution in [0.1, 0.15) is 16.7 Å². The zero-order chi connectivity index (χ0) is 16.1. The fourth-order valence-corrected chi connectivity index (χ4v) is 4.40. The first-order valence-corrected chi connectivity index (χ1v) is 8.72. The summed E-state index contributed by atoms with van der Waals surface area (Å²) >= 11 is 7.18. The molecule has 0 heterocycles. The van der Waals surface area contributed by atoms with Crippen LogP contribution in [0, 0.1) is 0 Å². The van der Waals surface area contributed by atoms with Crippen LogP contribution in [0.5, 0.6) is 0 Å². The number of carbonyl (C=O) groups is 2. The molecule has 0 aliphatic heterocycles. The third kappa shape index (κ3) is 2.37. The van der Waals surface area contributed by atoms with E-state index in [1.807, 2.05) is 18.2 Å². The van der Waals surface area contributed by atoms with Crippen LogP contribution in [0.2, 0.25) is 0 Å². The van der Waals surface area contributed by atoms with Crippen LogP contribution in [-0.2, 0) is 16.0 Å². The summed E-state index contributed by atoms with van der Waals surface area (Å²) in [6.07, 6.45) is 6.95. The highest BCUT2D eigenvalue weighted by Crippen LogP contribution is 2.41. The van der Waals surface area contributed by atoms with Crippen molar-refractivity contribution in [3.05, 3.63) is 68.1 Å². The molecule has 2 nitrogen and oxygen atoms in total. The maximum Gasteiger partial charge on any atom is 0.186 e. The van der Waals surface area contributed by atoms with E-state index in [-0.39, 0.29) is 11.6 Å². The van der Waals surface area contributed by atoms with Crippen molar-refractivity contribution >= 4 is 65.8 Å². The lowest BCUT2D eigenvalue weighted by atomic mass is 9.85. The third-order valence-electron chi connectivity index (χ3n) is 4.12. The molecule has 0 amide bonds. The van der Waals surface area contributed by atoms with Gasteiger partial charge in [-0.3, -0.25) is 9.59 Å². The van der Waals surface area contributed by atoms with E-state index >= 15 is 0 Å². The van der Waals surface area contributed by atoms with Crippen molar-refractivity contribution in [1.82, 2.24) is 0 Å². The van der Waals surface area contributed by atoms with E-state index < -0.39 is 0 Å². The van der Waals surface area contributed by atoms with E-state index in [1.165, 1.54) is 23.8 Å². The van der Waals surface area contributed by atoms with Crippen molar-refractivity contribution in [1.29, 1.82) is 0 Å². The molecule has 0 aromatic heterocycles. The second kappa shape index (κ2) is 5.39. The highest BCUT2D eigenvalue weighted by Gasteiger charge is 2.24. The molecule has 0 saturated heterocycles. The Bertz CT molecular complexity index is 994. The van der Waals surface area contributed by atoms with Crippen molar-refractivity contribution in [2.45, 2.75) is 6.42 Å². The van der Waals surface area contributed by atoms with E-state index in [9.17, 15) is 9.59 Å². The van der Waals surface area contributed by atoms with Gasteiger partial charge in [0.05, 0.1) is 0 Å². The van der Waals surface area contributed by atoms with Gasteiger partial charge in [-0.15, -0.1) is 0 Å². The first-order chi connectivity index (χ1) is 11.0. The van der Waals surface area contributed by atoms with Gasteiger partial charge in [0, 0.05) is 26.5 Å². The predicted molar refractivity (Wildman–Crippen MR) is 99.4 cm³/mol.